The van der Waals surface area contributed by atoms with E-state index in [4.69, 9.17) is 0 Å². The highest BCUT2D eigenvalue weighted by Crippen LogP contribution is 2.27. The summed E-state index contributed by atoms with van der Waals surface area (Å²) in [6.45, 7) is 9.22. The fourth-order valence-electron chi connectivity index (χ4n) is 3.22. The molecule has 1 aromatic rings. The molecule has 1 aliphatic rings. The van der Waals surface area contributed by atoms with Crippen LogP contribution in [0.4, 0.5) is 0 Å². The van der Waals surface area contributed by atoms with Gasteiger partial charge in [0.15, 0.2) is 0 Å². The minimum absolute atomic E-state index is 0.495. The fraction of sp³-hybridized carbons (Fsp3) is 0.647. The van der Waals surface area contributed by atoms with Gasteiger partial charge in [0.1, 0.15) is 0 Å². The molecule has 0 aliphatic carbocycles. The molecule has 112 valence electrons. The number of nitrogens with zero attached hydrogens (tertiary/aromatic N) is 1. The largest absolute Gasteiger partial charge is 0.311 e. The molecule has 1 N–H and O–H groups in total. The molecule has 1 saturated heterocycles. The first kappa shape index (κ1) is 16.0. The summed E-state index contributed by atoms with van der Waals surface area (Å²) in [5.41, 5.74) is 1.42. The molecule has 2 nitrogen and oxygen atoms in total. The molecular weight excluding hydrogens is 312 g/mol. The second-order valence-electron chi connectivity index (χ2n) is 5.88. The lowest BCUT2D eigenvalue weighted by Gasteiger charge is -2.43. The molecule has 0 saturated carbocycles. The van der Waals surface area contributed by atoms with Crippen molar-refractivity contribution >= 4 is 15.9 Å². The van der Waals surface area contributed by atoms with Crippen LogP contribution in [0.25, 0.3) is 0 Å². The lowest BCUT2D eigenvalue weighted by molar-refractivity contribution is 0.0835. The molecule has 3 atom stereocenters. The van der Waals surface area contributed by atoms with E-state index >= 15 is 0 Å². The third kappa shape index (κ3) is 3.84. The molecule has 1 aliphatic heterocycles. The van der Waals surface area contributed by atoms with E-state index in [1.807, 2.05) is 0 Å². The van der Waals surface area contributed by atoms with Crippen molar-refractivity contribution in [2.45, 2.75) is 58.2 Å². The van der Waals surface area contributed by atoms with Crippen LogP contribution in [0.1, 0.15) is 51.6 Å². The van der Waals surface area contributed by atoms with E-state index in [0.717, 1.165) is 11.0 Å². The Kier molecular flexibility index (Phi) is 6.06. The predicted molar refractivity (Wildman–Crippen MR) is 90.0 cm³/mol. The first-order valence-corrected chi connectivity index (χ1v) is 8.69. The van der Waals surface area contributed by atoms with Crippen LogP contribution < -0.4 is 5.32 Å². The van der Waals surface area contributed by atoms with Gasteiger partial charge < -0.3 is 5.32 Å². The van der Waals surface area contributed by atoms with Gasteiger partial charge in [0.05, 0.1) is 0 Å². The molecule has 1 fully saturated rings. The van der Waals surface area contributed by atoms with Crippen molar-refractivity contribution in [2.75, 3.05) is 13.1 Å². The second-order valence-corrected chi connectivity index (χ2v) is 6.80. The summed E-state index contributed by atoms with van der Waals surface area (Å²) in [7, 11) is 0. The molecule has 3 unspecified atom stereocenters. The summed E-state index contributed by atoms with van der Waals surface area (Å²) in [5, 5.41) is 3.72. The highest BCUT2D eigenvalue weighted by molar-refractivity contribution is 9.10. The van der Waals surface area contributed by atoms with Crippen LogP contribution in [-0.2, 0) is 0 Å². The SMILES string of the molecule is CCCC1CN(C(C)c2ccc(Br)cc2)C(CC)CN1. The van der Waals surface area contributed by atoms with Gasteiger partial charge in [-0.25, -0.2) is 0 Å². The van der Waals surface area contributed by atoms with Gasteiger partial charge in [0.25, 0.3) is 0 Å². The average Bonchev–Trinajstić information content (AvgIpc) is 2.47. The van der Waals surface area contributed by atoms with E-state index in [0.29, 0.717) is 18.1 Å². The molecule has 3 heteroatoms. The maximum atomic E-state index is 3.72. The number of nitrogens with one attached hydrogen (secondary N) is 1. The van der Waals surface area contributed by atoms with Crippen LogP contribution in [0.2, 0.25) is 0 Å². The van der Waals surface area contributed by atoms with Crippen molar-refractivity contribution in [1.29, 1.82) is 0 Å². The number of halogens is 1. The molecule has 0 amide bonds. The zero-order valence-corrected chi connectivity index (χ0v) is 14.5. The lowest BCUT2D eigenvalue weighted by atomic mass is 9.98. The molecule has 1 aromatic carbocycles. The fourth-order valence-corrected chi connectivity index (χ4v) is 3.48. The summed E-state index contributed by atoms with van der Waals surface area (Å²) in [4.78, 5) is 2.69. The minimum atomic E-state index is 0.495. The molecule has 2 rings (SSSR count). The zero-order valence-electron chi connectivity index (χ0n) is 12.9. The number of hydrogen-bond donors (Lipinski definition) is 1. The standard InChI is InChI=1S/C17H27BrN2/c1-4-6-16-12-20(17(5-2)11-19-16)13(3)14-7-9-15(18)10-8-14/h7-10,13,16-17,19H,4-6,11-12H2,1-3H3. The topological polar surface area (TPSA) is 15.3 Å². The molecular formula is C17H27BrN2. The van der Waals surface area contributed by atoms with Crippen LogP contribution in [0.5, 0.6) is 0 Å². The smallest absolute Gasteiger partial charge is 0.0324 e. The number of hydrogen-bond acceptors (Lipinski definition) is 2. The zero-order chi connectivity index (χ0) is 14.5. The van der Waals surface area contributed by atoms with Gasteiger partial charge in [-0.15, -0.1) is 0 Å². The normalized spacial score (nSPS) is 25.6. The van der Waals surface area contributed by atoms with E-state index in [2.05, 4.69) is 71.2 Å². The van der Waals surface area contributed by atoms with Gasteiger partial charge in [-0.1, -0.05) is 48.3 Å². The second kappa shape index (κ2) is 7.58. The van der Waals surface area contributed by atoms with E-state index in [9.17, 15) is 0 Å². The third-order valence-corrected chi connectivity index (χ3v) is 5.03. The average molecular weight is 339 g/mol. The van der Waals surface area contributed by atoms with Gasteiger partial charge in [-0.2, -0.15) is 0 Å². The molecule has 1 heterocycles. The summed E-state index contributed by atoms with van der Waals surface area (Å²) in [6, 6.07) is 10.6. The Bertz CT molecular complexity index is 404. The monoisotopic (exact) mass is 338 g/mol. The van der Waals surface area contributed by atoms with E-state index in [1.54, 1.807) is 0 Å². The Labute approximate surface area is 132 Å². The molecule has 0 bridgehead atoms. The van der Waals surface area contributed by atoms with Crippen molar-refractivity contribution < 1.29 is 0 Å². The molecule has 20 heavy (non-hydrogen) atoms. The highest BCUT2D eigenvalue weighted by Gasteiger charge is 2.30. The van der Waals surface area contributed by atoms with Crippen molar-refractivity contribution in [2.24, 2.45) is 0 Å². The van der Waals surface area contributed by atoms with Gasteiger partial charge in [-0.05, 0) is 37.5 Å². The summed E-state index contributed by atoms with van der Waals surface area (Å²) in [5.74, 6) is 0. The van der Waals surface area contributed by atoms with Crippen LogP contribution in [0.3, 0.4) is 0 Å². The predicted octanol–water partition coefficient (Wildman–Crippen LogP) is 4.36. The van der Waals surface area contributed by atoms with Crippen LogP contribution in [0.15, 0.2) is 28.7 Å². The number of piperazine rings is 1. The van der Waals surface area contributed by atoms with Gasteiger partial charge >= 0.3 is 0 Å². The summed E-state index contributed by atoms with van der Waals surface area (Å²) >= 11 is 3.52. The Morgan fingerprint density at radius 3 is 2.60 bits per heavy atom. The Hall–Kier alpha value is -0.380. The Balaban J connectivity index is 2.11. The quantitative estimate of drug-likeness (QED) is 0.857. The molecule has 0 radical (unpaired) electrons. The van der Waals surface area contributed by atoms with Crippen molar-refractivity contribution in [3.63, 3.8) is 0 Å². The van der Waals surface area contributed by atoms with Crippen molar-refractivity contribution in [1.82, 2.24) is 10.2 Å². The lowest BCUT2D eigenvalue weighted by Crippen LogP contribution is -2.56. The van der Waals surface area contributed by atoms with Crippen molar-refractivity contribution in [3.8, 4) is 0 Å². The maximum absolute atomic E-state index is 3.72. The van der Waals surface area contributed by atoms with Gasteiger partial charge in [-0.3, -0.25) is 4.90 Å². The Morgan fingerprint density at radius 2 is 2.00 bits per heavy atom. The summed E-state index contributed by atoms with van der Waals surface area (Å²) in [6.07, 6.45) is 3.75. The van der Waals surface area contributed by atoms with Crippen LogP contribution in [0, 0.1) is 0 Å². The maximum Gasteiger partial charge on any atom is 0.0324 e. The van der Waals surface area contributed by atoms with Crippen LogP contribution in [-0.4, -0.2) is 30.1 Å². The summed E-state index contributed by atoms with van der Waals surface area (Å²) < 4.78 is 1.16. The first-order chi connectivity index (χ1) is 9.65. The van der Waals surface area contributed by atoms with Crippen molar-refractivity contribution in [3.05, 3.63) is 34.3 Å². The number of rotatable bonds is 5. The van der Waals surface area contributed by atoms with E-state index < -0.39 is 0 Å². The van der Waals surface area contributed by atoms with E-state index in [1.165, 1.54) is 31.4 Å². The Morgan fingerprint density at radius 1 is 1.30 bits per heavy atom. The minimum Gasteiger partial charge on any atom is -0.311 e. The third-order valence-electron chi connectivity index (χ3n) is 4.50. The first-order valence-electron chi connectivity index (χ1n) is 7.90. The van der Waals surface area contributed by atoms with Gasteiger partial charge in [0, 0.05) is 35.7 Å². The molecule has 0 spiro atoms. The highest BCUT2D eigenvalue weighted by atomic mass is 79.9. The number of benzene rings is 1. The van der Waals surface area contributed by atoms with Crippen LogP contribution >= 0.6 is 15.9 Å². The molecule has 0 aromatic heterocycles. The van der Waals surface area contributed by atoms with Gasteiger partial charge in [0.2, 0.25) is 0 Å². The van der Waals surface area contributed by atoms with E-state index in [-0.39, 0.29) is 0 Å².